The first-order valence-corrected chi connectivity index (χ1v) is 8.52. The Kier molecular flexibility index (Phi) is 8.27. The molecule has 1 saturated heterocycles. The molecule has 8 heteroatoms. The van der Waals surface area contributed by atoms with Crippen LogP contribution in [0.15, 0.2) is 18.2 Å². The van der Waals surface area contributed by atoms with Crippen molar-refractivity contribution in [3.05, 3.63) is 23.8 Å². The molecule has 1 fully saturated rings. The van der Waals surface area contributed by atoms with Crippen LogP contribution in [0.2, 0.25) is 0 Å². The second-order valence-electron chi connectivity index (χ2n) is 5.83. The summed E-state index contributed by atoms with van der Waals surface area (Å²) >= 11 is 0. The summed E-state index contributed by atoms with van der Waals surface area (Å²) in [6.45, 7) is -1.80. The summed E-state index contributed by atoms with van der Waals surface area (Å²) in [5.41, 5.74) is 0.291. The maximum Gasteiger partial charge on any atom is 0.387 e. The second-order valence-corrected chi connectivity index (χ2v) is 5.83. The first-order chi connectivity index (χ1) is 12.6. The highest BCUT2D eigenvalue weighted by Crippen LogP contribution is 2.29. The van der Waals surface area contributed by atoms with Gasteiger partial charge in [0, 0.05) is 18.6 Å². The minimum Gasteiger partial charge on any atom is -0.490 e. The van der Waals surface area contributed by atoms with Crippen molar-refractivity contribution in [2.24, 2.45) is 0 Å². The predicted molar refractivity (Wildman–Crippen MR) is 87.7 cm³/mol. The molecule has 26 heavy (non-hydrogen) atoms. The lowest BCUT2D eigenvalue weighted by molar-refractivity contribution is -0.147. The van der Waals surface area contributed by atoms with Crippen molar-refractivity contribution in [2.75, 3.05) is 19.8 Å². The number of hydrogen-bond donors (Lipinski definition) is 0. The first kappa shape index (κ1) is 20.1. The lowest BCUT2D eigenvalue weighted by Gasteiger charge is -2.13. The van der Waals surface area contributed by atoms with Gasteiger partial charge in [0.05, 0.1) is 12.7 Å². The van der Waals surface area contributed by atoms with Gasteiger partial charge in [-0.05, 0) is 43.9 Å². The van der Waals surface area contributed by atoms with Gasteiger partial charge in [-0.25, -0.2) is 0 Å². The number of hydrogen-bond acceptors (Lipinski definition) is 6. The average molecular weight is 372 g/mol. The molecule has 0 saturated carbocycles. The Bertz CT molecular complexity index is 587. The fraction of sp³-hybridized carbons (Fsp3) is 0.556. The van der Waals surface area contributed by atoms with Gasteiger partial charge in [0.1, 0.15) is 12.9 Å². The summed E-state index contributed by atoms with van der Waals surface area (Å²) in [5.74, 6) is -0.373. The molecule has 0 spiro atoms. The Labute approximate surface area is 150 Å². The van der Waals surface area contributed by atoms with Crippen LogP contribution in [0.1, 0.15) is 42.5 Å². The van der Waals surface area contributed by atoms with Crippen molar-refractivity contribution in [1.29, 1.82) is 0 Å². The summed E-state index contributed by atoms with van der Waals surface area (Å²) in [6, 6.07) is 3.95. The van der Waals surface area contributed by atoms with Crippen molar-refractivity contribution in [1.82, 2.24) is 0 Å². The Morgan fingerprint density at radius 2 is 2.15 bits per heavy atom. The molecule has 1 unspecified atom stereocenters. The van der Waals surface area contributed by atoms with Gasteiger partial charge in [-0.3, -0.25) is 9.59 Å². The Morgan fingerprint density at radius 3 is 2.85 bits per heavy atom. The van der Waals surface area contributed by atoms with Crippen molar-refractivity contribution < 1.29 is 37.3 Å². The molecule has 144 valence electrons. The van der Waals surface area contributed by atoms with Crippen LogP contribution in [0.5, 0.6) is 11.5 Å². The normalized spacial score (nSPS) is 16.5. The van der Waals surface area contributed by atoms with Crippen LogP contribution in [0.4, 0.5) is 8.78 Å². The first-order valence-electron chi connectivity index (χ1n) is 8.52. The lowest BCUT2D eigenvalue weighted by atomic mass is 10.2. The van der Waals surface area contributed by atoms with E-state index in [1.165, 1.54) is 18.2 Å². The van der Waals surface area contributed by atoms with E-state index in [1.807, 2.05) is 0 Å². The maximum atomic E-state index is 12.4. The standard InChI is InChI=1S/C18H22F2O6/c19-18(20)26-15-7-6-13(11-21)10-16(15)24-8-2-1-5-17(22)25-12-14-4-3-9-23-14/h6-7,10-11,14,18H,1-5,8-9,12H2. The van der Waals surface area contributed by atoms with Crippen molar-refractivity contribution in [3.63, 3.8) is 0 Å². The van der Waals surface area contributed by atoms with E-state index >= 15 is 0 Å². The van der Waals surface area contributed by atoms with Crippen molar-refractivity contribution in [2.45, 2.75) is 44.8 Å². The number of ether oxygens (including phenoxy) is 4. The van der Waals surface area contributed by atoms with Crippen LogP contribution in [0.3, 0.4) is 0 Å². The highest BCUT2D eigenvalue weighted by atomic mass is 19.3. The molecule has 1 aromatic carbocycles. The third-order valence-corrected chi connectivity index (χ3v) is 3.81. The van der Waals surface area contributed by atoms with Crippen molar-refractivity contribution in [3.8, 4) is 11.5 Å². The average Bonchev–Trinajstić information content (AvgIpc) is 3.14. The molecule has 0 aliphatic carbocycles. The van der Waals surface area contributed by atoms with Crippen LogP contribution in [-0.4, -0.2) is 44.8 Å². The van der Waals surface area contributed by atoms with Crippen LogP contribution in [0.25, 0.3) is 0 Å². The van der Waals surface area contributed by atoms with Crippen LogP contribution in [0, 0.1) is 0 Å². The minimum absolute atomic E-state index is 0.000588. The quantitative estimate of drug-likeness (QED) is 0.337. The van der Waals surface area contributed by atoms with Gasteiger partial charge in [0.2, 0.25) is 0 Å². The van der Waals surface area contributed by atoms with E-state index in [9.17, 15) is 18.4 Å². The highest BCUT2D eigenvalue weighted by Gasteiger charge is 2.17. The summed E-state index contributed by atoms with van der Waals surface area (Å²) in [6.07, 6.45) is 3.78. The van der Waals surface area contributed by atoms with E-state index in [2.05, 4.69) is 4.74 Å². The zero-order valence-electron chi connectivity index (χ0n) is 14.3. The van der Waals surface area contributed by atoms with Gasteiger partial charge in [-0.2, -0.15) is 8.78 Å². The van der Waals surface area contributed by atoms with Gasteiger partial charge in [-0.1, -0.05) is 0 Å². The van der Waals surface area contributed by atoms with Crippen LogP contribution in [-0.2, 0) is 14.3 Å². The van der Waals surface area contributed by atoms with Gasteiger partial charge in [0.15, 0.2) is 11.5 Å². The number of carbonyl (C=O) groups is 2. The van der Waals surface area contributed by atoms with Gasteiger partial charge in [0.25, 0.3) is 0 Å². The number of benzene rings is 1. The summed E-state index contributed by atoms with van der Waals surface area (Å²) in [5, 5.41) is 0. The van der Waals surface area contributed by atoms with E-state index in [1.54, 1.807) is 0 Å². The molecule has 0 aromatic heterocycles. The Balaban J connectivity index is 1.68. The Morgan fingerprint density at radius 1 is 1.31 bits per heavy atom. The SMILES string of the molecule is O=Cc1ccc(OC(F)F)c(OCCCCC(=O)OCC2CCCO2)c1. The van der Waals surface area contributed by atoms with Crippen molar-refractivity contribution >= 4 is 12.3 Å². The van der Waals surface area contributed by atoms with Crippen LogP contribution >= 0.6 is 0 Å². The molecule has 1 atom stereocenters. The topological polar surface area (TPSA) is 71.1 Å². The van der Waals surface area contributed by atoms with E-state index in [4.69, 9.17) is 14.2 Å². The van der Waals surface area contributed by atoms with Gasteiger partial charge in [-0.15, -0.1) is 0 Å². The molecule has 0 radical (unpaired) electrons. The zero-order chi connectivity index (χ0) is 18.8. The minimum atomic E-state index is -2.99. The van der Waals surface area contributed by atoms with Gasteiger partial charge >= 0.3 is 12.6 Å². The third kappa shape index (κ3) is 6.95. The number of alkyl halides is 2. The van der Waals surface area contributed by atoms with E-state index in [-0.39, 0.29) is 43.2 Å². The van der Waals surface area contributed by atoms with E-state index in [0.29, 0.717) is 31.3 Å². The molecule has 0 amide bonds. The molecule has 6 nitrogen and oxygen atoms in total. The lowest BCUT2D eigenvalue weighted by Crippen LogP contribution is -2.17. The monoisotopic (exact) mass is 372 g/mol. The number of unbranched alkanes of at least 4 members (excludes halogenated alkanes) is 1. The number of carbonyl (C=O) groups excluding carboxylic acids is 2. The molecule has 1 heterocycles. The molecular formula is C18H22F2O6. The molecule has 2 rings (SSSR count). The number of halogens is 2. The highest BCUT2D eigenvalue weighted by molar-refractivity contribution is 5.76. The predicted octanol–water partition coefficient (Wildman–Crippen LogP) is 3.37. The molecule has 1 aliphatic rings. The second kappa shape index (κ2) is 10.7. The molecule has 1 aliphatic heterocycles. The zero-order valence-corrected chi connectivity index (χ0v) is 14.3. The smallest absolute Gasteiger partial charge is 0.387 e. The third-order valence-electron chi connectivity index (χ3n) is 3.81. The number of esters is 1. The molecular weight excluding hydrogens is 350 g/mol. The molecule has 0 bridgehead atoms. The van der Waals surface area contributed by atoms with E-state index in [0.717, 1.165) is 12.8 Å². The number of aldehydes is 1. The van der Waals surface area contributed by atoms with Crippen LogP contribution < -0.4 is 9.47 Å². The fourth-order valence-electron chi connectivity index (χ4n) is 2.49. The largest absolute Gasteiger partial charge is 0.490 e. The Hall–Kier alpha value is -2.22. The summed E-state index contributed by atoms with van der Waals surface area (Å²) < 4.78 is 45.1. The summed E-state index contributed by atoms with van der Waals surface area (Å²) in [4.78, 5) is 22.4. The number of rotatable bonds is 11. The molecule has 0 N–H and O–H groups in total. The van der Waals surface area contributed by atoms with Gasteiger partial charge < -0.3 is 18.9 Å². The maximum absolute atomic E-state index is 12.4. The molecule has 1 aromatic rings. The summed E-state index contributed by atoms with van der Waals surface area (Å²) in [7, 11) is 0. The fourth-order valence-corrected chi connectivity index (χ4v) is 2.49. The van der Waals surface area contributed by atoms with E-state index < -0.39 is 6.61 Å².